The maximum Gasteiger partial charge on any atom is 0.246 e. The van der Waals surface area contributed by atoms with Gasteiger partial charge in [0, 0.05) is 96.3 Å². The molecule has 12 heteroatoms. The van der Waals surface area contributed by atoms with Gasteiger partial charge < -0.3 is 30.9 Å². The fourth-order valence-electron chi connectivity index (χ4n) is 10.4. The lowest BCUT2D eigenvalue weighted by Gasteiger charge is -2.34. The van der Waals surface area contributed by atoms with Gasteiger partial charge in [-0.2, -0.15) is 0 Å². The monoisotopic (exact) mass is 937 g/mol. The second kappa shape index (κ2) is 23.5. The molecule has 12 nitrogen and oxygen atoms in total. The van der Waals surface area contributed by atoms with Crippen molar-refractivity contribution in [3.63, 3.8) is 0 Å². The zero-order valence-corrected chi connectivity index (χ0v) is 43.7. The van der Waals surface area contributed by atoms with Crippen LogP contribution in [0.2, 0.25) is 0 Å². The molecule has 2 aliphatic carbocycles. The van der Waals surface area contributed by atoms with Crippen molar-refractivity contribution in [2.24, 2.45) is 10.4 Å². The molecule has 0 bridgehead atoms. The zero-order valence-electron chi connectivity index (χ0n) is 43.7. The molecule has 4 amide bonds. The summed E-state index contributed by atoms with van der Waals surface area (Å²) in [5.74, 6) is -1.94. The molecule has 1 aromatic rings. The van der Waals surface area contributed by atoms with Crippen LogP contribution in [0.3, 0.4) is 0 Å². The molecule has 2 aliphatic heterocycles. The van der Waals surface area contributed by atoms with Crippen LogP contribution >= 0.6 is 0 Å². The number of Topliss-reactive ketones (excluding diaryl/α,β-unsaturated/α-hetero) is 1. The number of nitrogens with one attached hydrogen (secondary N) is 3. The van der Waals surface area contributed by atoms with Gasteiger partial charge in [-0.15, -0.1) is 0 Å². The number of fused-ring (bicyclic) bond motifs is 2. The number of anilines is 2. The first-order valence-electron chi connectivity index (χ1n) is 26.1. The molecule has 374 valence electrons. The van der Waals surface area contributed by atoms with Crippen LogP contribution in [0.15, 0.2) is 57.5 Å². The molecule has 0 spiro atoms. The minimum atomic E-state index is -0.496. The second-order valence-electron chi connectivity index (χ2n) is 21.3. The number of allylic oxidation sites excluding steroid dienone is 6. The SMILES string of the molecule is CCCCCCCCNC(=O)CCC(=O)N=C1C=C2C(=C/C1=C1/C(=O)C(c3cc4c(cc3NC(=O)CCC(=O)NCCCCCCCC)N(C(C)C)C(C)C4(C)C)=C1O)C(C)(C)C(C)N2C(C)C. The predicted molar refractivity (Wildman–Crippen MR) is 277 cm³/mol. The fourth-order valence-corrected chi connectivity index (χ4v) is 10.4. The van der Waals surface area contributed by atoms with E-state index in [0.717, 1.165) is 61.0 Å². The number of carbonyl (C=O) groups is 5. The minimum Gasteiger partial charge on any atom is -0.506 e. The lowest BCUT2D eigenvalue weighted by atomic mass is 9.73. The molecule has 2 heterocycles. The fraction of sp³-hybridized carbons (Fsp3) is 0.643. The minimum absolute atomic E-state index is 0.00861. The van der Waals surface area contributed by atoms with Crippen LogP contribution in [-0.4, -0.2) is 82.4 Å². The Morgan fingerprint density at radius 2 is 1.19 bits per heavy atom. The van der Waals surface area contributed by atoms with Crippen molar-refractivity contribution in [3.05, 3.63) is 63.6 Å². The molecule has 4 N–H and O–H groups in total. The lowest BCUT2D eigenvalue weighted by Crippen LogP contribution is -2.42. The van der Waals surface area contributed by atoms with Crippen LogP contribution in [0.5, 0.6) is 0 Å². The average Bonchev–Trinajstić information content (AvgIpc) is 3.60. The van der Waals surface area contributed by atoms with E-state index in [1.807, 2.05) is 24.3 Å². The Balaban J connectivity index is 1.49. The molecule has 1 saturated heterocycles. The van der Waals surface area contributed by atoms with Crippen molar-refractivity contribution in [2.75, 3.05) is 23.3 Å². The van der Waals surface area contributed by atoms with Crippen LogP contribution in [-0.2, 0) is 29.4 Å². The number of rotatable bonds is 24. The topological polar surface area (TPSA) is 161 Å². The molecule has 5 rings (SSSR count). The number of aliphatic hydroxyl groups excluding tert-OH is 1. The summed E-state index contributed by atoms with van der Waals surface area (Å²) in [5.41, 5.74) is 4.59. The molecule has 1 aromatic carbocycles. The number of benzene rings is 1. The quantitative estimate of drug-likeness (QED) is 0.0589. The normalized spacial score (nSPS) is 21.0. The first-order chi connectivity index (χ1) is 32.2. The molecule has 1 fully saturated rings. The van der Waals surface area contributed by atoms with Crippen molar-refractivity contribution >= 4 is 52.1 Å². The highest BCUT2D eigenvalue weighted by molar-refractivity contribution is 6.42. The maximum absolute atomic E-state index is 14.9. The van der Waals surface area contributed by atoms with Gasteiger partial charge in [-0.25, -0.2) is 4.99 Å². The van der Waals surface area contributed by atoms with Crippen molar-refractivity contribution in [1.82, 2.24) is 15.5 Å². The van der Waals surface area contributed by atoms with Gasteiger partial charge in [0.1, 0.15) is 5.76 Å². The van der Waals surface area contributed by atoms with Gasteiger partial charge in [-0.3, -0.25) is 24.0 Å². The Bertz CT molecular complexity index is 2220. The number of unbranched alkanes of at least 4 members (excludes halogenated alkanes) is 10. The van der Waals surface area contributed by atoms with Crippen LogP contribution in [0, 0.1) is 5.41 Å². The van der Waals surface area contributed by atoms with Gasteiger partial charge in [0.2, 0.25) is 29.4 Å². The molecule has 0 saturated carbocycles. The summed E-state index contributed by atoms with van der Waals surface area (Å²) in [6.45, 7) is 27.0. The summed E-state index contributed by atoms with van der Waals surface area (Å²) in [6, 6.07) is 4.26. The van der Waals surface area contributed by atoms with E-state index < -0.39 is 11.7 Å². The number of aliphatic hydroxyl groups is 1. The van der Waals surface area contributed by atoms with Crippen LogP contribution < -0.4 is 20.9 Å². The van der Waals surface area contributed by atoms with Gasteiger partial charge in [0.05, 0.1) is 22.5 Å². The number of nitrogens with zero attached hydrogens (tertiary/aromatic N) is 3. The van der Waals surface area contributed by atoms with Gasteiger partial charge in [0.15, 0.2) is 0 Å². The molecule has 2 unspecified atom stereocenters. The number of hydrogen-bond acceptors (Lipinski definition) is 8. The molecule has 4 aliphatic rings. The van der Waals surface area contributed by atoms with Gasteiger partial charge >= 0.3 is 0 Å². The van der Waals surface area contributed by atoms with E-state index in [-0.39, 0.29) is 101 Å². The number of likely N-dealkylation sites (tertiary alicyclic amines) is 1. The smallest absolute Gasteiger partial charge is 0.246 e. The predicted octanol–water partition coefficient (Wildman–Crippen LogP) is 11.1. The van der Waals surface area contributed by atoms with Gasteiger partial charge in [-0.1, -0.05) is 106 Å². The standard InChI is InChI=1S/C56H84N6O6/c1-13-15-17-19-21-23-29-57-47(63)25-27-49(65)59-43-33-45-41(55(9,10)37(7)61(45)35(3)4)31-39(43)51-53(67)52(54(51)68)40-32-42-46(62(36(5)6)38(8)56(42,11)12)34-44(40)60-50(66)28-26-48(64)58-30-24-22-20-18-16-14-2/h31-38,67H,13-30H2,1-12H3,(H,57,63)(H,58,64)(H,59,65)/b52-40-,60-44?. The number of amides is 4. The third-order valence-electron chi connectivity index (χ3n) is 15.1. The molecule has 0 radical (unpaired) electrons. The van der Waals surface area contributed by atoms with E-state index in [1.54, 1.807) is 0 Å². The average molecular weight is 937 g/mol. The summed E-state index contributed by atoms with van der Waals surface area (Å²) in [5, 5.41) is 21.2. The molecule has 2 atom stereocenters. The highest BCUT2D eigenvalue weighted by Gasteiger charge is 2.49. The number of ketones is 1. The van der Waals surface area contributed by atoms with Gasteiger partial charge in [-0.05, 0) is 89.8 Å². The molecular formula is C56H84N6O6. The van der Waals surface area contributed by atoms with Crippen LogP contribution in [0.25, 0.3) is 5.57 Å². The van der Waals surface area contributed by atoms with Crippen molar-refractivity contribution in [3.8, 4) is 0 Å². The van der Waals surface area contributed by atoms with Crippen molar-refractivity contribution in [1.29, 1.82) is 0 Å². The number of carbonyl (C=O) groups excluding carboxylic acids is 5. The summed E-state index contributed by atoms with van der Waals surface area (Å²) < 4.78 is 0. The number of aliphatic imine (C=N–C) groups is 1. The lowest BCUT2D eigenvalue weighted by molar-refractivity contribution is -0.124. The Kier molecular flexibility index (Phi) is 18.7. The maximum atomic E-state index is 14.9. The van der Waals surface area contributed by atoms with Crippen LogP contribution in [0.1, 0.15) is 197 Å². The Morgan fingerprint density at radius 1 is 0.676 bits per heavy atom. The zero-order chi connectivity index (χ0) is 50.1. The molecule has 0 aromatic heterocycles. The molecular weight excluding hydrogens is 853 g/mol. The Hall–Kier alpha value is -5.00. The van der Waals surface area contributed by atoms with Gasteiger partial charge in [0.25, 0.3) is 0 Å². The van der Waals surface area contributed by atoms with E-state index in [0.29, 0.717) is 29.9 Å². The summed E-state index contributed by atoms with van der Waals surface area (Å²) in [7, 11) is 0. The molecule has 68 heavy (non-hydrogen) atoms. The Labute approximate surface area is 408 Å². The van der Waals surface area contributed by atoms with E-state index in [4.69, 9.17) is 0 Å². The highest BCUT2D eigenvalue weighted by atomic mass is 16.3. The van der Waals surface area contributed by atoms with E-state index in [2.05, 4.69) is 114 Å². The van der Waals surface area contributed by atoms with Crippen molar-refractivity contribution in [2.45, 2.75) is 215 Å². The van der Waals surface area contributed by atoms with Crippen LogP contribution in [0.4, 0.5) is 11.4 Å². The van der Waals surface area contributed by atoms with Crippen molar-refractivity contribution < 1.29 is 29.1 Å². The van der Waals surface area contributed by atoms with E-state index in [9.17, 15) is 29.1 Å². The third kappa shape index (κ3) is 12.0. The Morgan fingerprint density at radius 3 is 1.74 bits per heavy atom. The first kappa shape index (κ1) is 53.9. The summed E-state index contributed by atoms with van der Waals surface area (Å²) in [6.07, 6.45) is 17.0. The van der Waals surface area contributed by atoms with E-state index >= 15 is 0 Å². The number of hydrogen-bond donors (Lipinski definition) is 4. The second-order valence-corrected chi connectivity index (χ2v) is 21.3. The summed E-state index contributed by atoms with van der Waals surface area (Å²) in [4.78, 5) is 77.0. The summed E-state index contributed by atoms with van der Waals surface area (Å²) >= 11 is 0. The largest absolute Gasteiger partial charge is 0.506 e. The highest BCUT2D eigenvalue weighted by Crippen LogP contribution is 2.53. The third-order valence-corrected chi connectivity index (χ3v) is 15.1. The first-order valence-corrected chi connectivity index (χ1v) is 26.1. The van der Waals surface area contributed by atoms with E-state index in [1.165, 1.54) is 38.5 Å².